The highest BCUT2D eigenvalue weighted by atomic mass is 16.5. The van der Waals surface area contributed by atoms with Crippen LogP contribution in [-0.2, 0) is 11.3 Å². The van der Waals surface area contributed by atoms with E-state index in [2.05, 4.69) is 22.7 Å². The summed E-state index contributed by atoms with van der Waals surface area (Å²) in [5.41, 5.74) is 5.66. The SMILES string of the molecule is COCCNN1Cc2ccccc2C=N1. The van der Waals surface area contributed by atoms with Gasteiger partial charge in [-0.3, -0.25) is 0 Å². The van der Waals surface area contributed by atoms with Gasteiger partial charge < -0.3 is 4.74 Å². The molecule has 80 valence electrons. The van der Waals surface area contributed by atoms with Gasteiger partial charge in [-0.1, -0.05) is 24.3 Å². The van der Waals surface area contributed by atoms with Gasteiger partial charge in [-0.25, -0.2) is 10.5 Å². The van der Waals surface area contributed by atoms with E-state index >= 15 is 0 Å². The minimum atomic E-state index is 0.688. The molecule has 0 aliphatic carbocycles. The Balaban J connectivity index is 1.94. The second-order valence-corrected chi connectivity index (χ2v) is 3.40. The number of fused-ring (bicyclic) bond motifs is 1. The number of nitrogens with zero attached hydrogens (tertiary/aromatic N) is 2. The lowest BCUT2D eigenvalue weighted by Crippen LogP contribution is -2.37. The van der Waals surface area contributed by atoms with Gasteiger partial charge in [0.1, 0.15) is 0 Å². The summed E-state index contributed by atoms with van der Waals surface area (Å²) in [6.45, 7) is 2.26. The molecule has 1 aromatic rings. The van der Waals surface area contributed by atoms with Gasteiger partial charge in [-0.05, 0) is 11.1 Å². The monoisotopic (exact) mass is 205 g/mol. The number of hydrazone groups is 1. The molecule has 0 radical (unpaired) electrons. The van der Waals surface area contributed by atoms with Crippen LogP contribution in [0.4, 0.5) is 0 Å². The topological polar surface area (TPSA) is 36.9 Å². The van der Waals surface area contributed by atoms with Crippen molar-refractivity contribution in [2.75, 3.05) is 20.3 Å². The van der Waals surface area contributed by atoms with Gasteiger partial charge in [0.15, 0.2) is 0 Å². The Bertz CT molecular complexity index is 351. The van der Waals surface area contributed by atoms with Gasteiger partial charge in [-0.15, -0.1) is 0 Å². The van der Waals surface area contributed by atoms with Crippen molar-refractivity contribution in [2.24, 2.45) is 5.10 Å². The maximum absolute atomic E-state index is 4.96. The number of rotatable bonds is 4. The smallest absolute Gasteiger partial charge is 0.0789 e. The molecule has 0 saturated carbocycles. The van der Waals surface area contributed by atoms with Crippen LogP contribution in [0.1, 0.15) is 11.1 Å². The zero-order chi connectivity index (χ0) is 10.5. The van der Waals surface area contributed by atoms with Crippen LogP contribution in [0, 0.1) is 0 Å². The maximum atomic E-state index is 4.96. The van der Waals surface area contributed by atoms with E-state index in [1.165, 1.54) is 11.1 Å². The fourth-order valence-corrected chi connectivity index (χ4v) is 1.51. The number of nitrogens with one attached hydrogen (secondary N) is 1. The number of methoxy groups -OCH3 is 1. The molecule has 0 spiro atoms. The van der Waals surface area contributed by atoms with E-state index in [-0.39, 0.29) is 0 Å². The maximum Gasteiger partial charge on any atom is 0.0789 e. The number of hydrazine groups is 1. The fourth-order valence-electron chi connectivity index (χ4n) is 1.51. The second kappa shape index (κ2) is 4.91. The first-order chi connectivity index (χ1) is 7.40. The molecule has 0 saturated heterocycles. The summed E-state index contributed by atoms with van der Waals surface area (Å²) in [5.74, 6) is 0. The van der Waals surface area contributed by atoms with Gasteiger partial charge in [0.25, 0.3) is 0 Å². The summed E-state index contributed by atoms with van der Waals surface area (Å²) in [5, 5.41) is 6.12. The molecule has 0 unspecified atom stereocenters. The van der Waals surface area contributed by atoms with Crippen LogP contribution in [0.2, 0.25) is 0 Å². The molecule has 1 aliphatic rings. The molecular formula is C11H15N3O. The predicted octanol–water partition coefficient (Wildman–Crippen LogP) is 0.987. The first-order valence-corrected chi connectivity index (χ1v) is 5.02. The highest BCUT2D eigenvalue weighted by Crippen LogP contribution is 2.12. The predicted molar refractivity (Wildman–Crippen MR) is 59.5 cm³/mol. The van der Waals surface area contributed by atoms with E-state index < -0.39 is 0 Å². The van der Waals surface area contributed by atoms with Gasteiger partial charge >= 0.3 is 0 Å². The highest BCUT2D eigenvalue weighted by molar-refractivity contribution is 5.82. The van der Waals surface area contributed by atoms with Crippen molar-refractivity contribution in [3.63, 3.8) is 0 Å². The Hall–Kier alpha value is -1.39. The van der Waals surface area contributed by atoms with Gasteiger partial charge in [-0.2, -0.15) is 5.10 Å². The van der Waals surface area contributed by atoms with E-state index in [1.54, 1.807) is 7.11 Å². The molecule has 2 rings (SSSR count). The van der Waals surface area contributed by atoms with Crippen LogP contribution >= 0.6 is 0 Å². The Labute approximate surface area is 89.5 Å². The van der Waals surface area contributed by atoms with Gasteiger partial charge in [0.05, 0.1) is 19.4 Å². The van der Waals surface area contributed by atoms with Gasteiger partial charge in [0, 0.05) is 13.7 Å². The molecule has 1 heterocycles. The summed E-state index contributed by atoms with van der Waals surface area (Å²) < 4.78 is 4.96. The van der Waals surface area contributed by atoms with Crippen LogP contribution in [-0.4, -0.2) is 31.6 Å². The third kappa shape index (κ3) is 2.55. The summed E-state index contributed by atoms with van der Waals surface area (Å²) in [6.07, 6.45) is 1.87. The molecule has 4 heteroatoms. The summed E-state index contributed by atoms with van der Waals surface area (Å²) in [6, 6.07) is 8.26. The van der Waals surface area contributed by atoms with E-state index in [0.717, 1.165) is 13.1 Å². The molecule has 1 aliphatic heterocycles. The molecule has 0 fully saturated rings. The minimum absolute atomic E-state index is 0.688. The van der Waals surface area contributed by atoms with Crippen molar-refractivity contribution in [3.05, 3.63) is 35.4 Å². The third-order valence-electron chi connectivity index (χ3n) is 2.31. The molecule has 1 aromatic carbocycles. The number of hydrogen-bond acceptors (Lipinski definition) is 4. The Morgan fingerprint density at radius 2 is 2.33 bits per heavy atom. The first-order valence-electron chi connectivity index (χ1n) is 5.02. The lowest BCUT2D eigenvalue weighted by molar-refractivity contribution is 0.136. The molecule has 0 atom stereocenters. The van der Waals surface area contributed by atoms with Crippen molar-refractivity contribution in [3.8, 4) is 0 Å². The standard InChI is InChI=1S/C11H15N3O/c1-15-7-6-12-14-9-11-5-3-2-4-10(11)8-13-14/h2-5,8,12H,6-7,9H2,1H3. The van der Waals surface area contributed by atoms with Crippen LogP contribution in [0.3, 0.4) is 0 Å². The van der Waals surface area contributed by atoms with Crippen LogP contribution in [0.25, 0.3) is 0 Å². The van der Waals surface area contributed by atoms with Crippen molar-refractivity contribution in [2.45, 2.75) is 6.54 Å². The lowest BCUT2D eigenvalue weighted by Gasteiger charge is -2.24. The largest absolute Gasteiger partial charge is 0.383 e. The quantitative estimate of drug-likeness (QED) is 0.745. The average molecular weight is 205 g/mol. The molecule has 0 bridgehead atoms. The van der Waals surface area contributed by atoms with Gasteiger partial charge in [0.2, 0.25) is 0 Å². The first kappa shape index (κ1) is 10.1. The molecule has 0 aromatic heterocycles. The van der Waals surface area contributed by atoms with E-state index in [0.29, 0.717) is 6.61 Å². The molecule has 0 amide bonds. The summed E-state index contributed by atoms with van der Waals surface area (Å²) >= 11 is 0. The third-order valence-corrected chi connectivity index (χ3v) is 2.31. The molecular weight excluding hydrogens is 190 g/mol. The second-order valence-electron chi connectivity index (χ2n) is 3.40. The Kier molecular flexibility index (Phi) is 3.32. The summed E-state index contributed by atoms with van der Waals surface area (Å²) in [4.78, 5) is 0. The number of ether oxygens (including phenoxy) is 1. The minimum Gasteiger partial charge on any atom is -0.383 e. The Morgan fingerprint density at radius 1 is 1.47 bits per heavy atom. The lowest BCUT2D eigenvalue weighted by atomic mass is 10.1. The number of benzene rings is 1. The van der Waals surface area contributed by atoms with Crippen LogP contribution in [0.5, 0.6) is 0 Å². The number of hydrogen-bond donors (Lipinski definition) is 1. The average Bonchev–Trinajstić information content (AvgIpc) is 2.29. The van der Waals surface area contributed by atoms with E-state index in [4.69, 9.17) is 4.74 Å². The zero-order valence-electron chi connectivity index (χ0n) is 8.81. The van der Waals surface area contributed by atoms with E-state index in [9.17, 15) is 0 Å². The van der Waals surface area contributed by atoms with Crippen LogP contribution in [0.15, 0.2) is 29.4 Å². The van der Waals surface area contributed by atoms with Crippen molar-refractivity contribution >= 4 is 6.21 Å². The summed E-state index contributed by atoms with van der Waals surface area (Å²) in [7, 11) is 1.69. The fraction of sp³-hybridized carbons (Fsp3) is 0.364. The Morgan fingerprint density at radius 3 is 3.20 bits per heavy atom. The van der Waals surface area contributed by atoms with Crippen molar-refractivity contribution in [1.29, 1.82) is 0 Å². The molecule has 4 nitrogen and oxygen atoms in total. The van der Waals surface area contributed by atoms with Crippen LogP contribution < -0.4 is 5.43 Å². The normalized spacial score (nSPS) is 14.1. The van der Waals surface area contributed by atoms with E-state index in [1.807, 2.05) is 23.5 Å². The highest BCUT2D eigenvalue weighted by Gasteiger charge is 2.09. The molecule has 1 N–H and O–H groups in total. The zero-order valence-corrected chi connectivity index (χ0v) is 8.81. The van der Waals surface area contributed by atoms with Crippen molar-refractivity contribution in [1.82, 2.24) is 10.5 Å². The van der Waals surface area contributed by atoms with Crippen molar-refractivity contribution < 1.29 is 4.74 Å². The molecule has 15 heavy (non-hydrogen) atoms.